The first kappa shape index (κ1) is 18.7. The Hall–Kier alpha value is -2.04. The van der Waals surface area contributed by atoms with Crippen molar-refractivity contribution in [1.82, 2.24) is 4.90 Å². The van der Waals surface area contributed by atoms with E-state index in [1.54, 1.807) is 12.1 Å². The number of esters is 1. The highest BCUT2D eigenvalue weighted by Gasteiger charge is 2.50. The molecule has 0 N–H and O–H groups in total. The van der Waals surface area contributed by atoms with Crippen LogP contribution < -0.4 is 4.90 Å². The third-order valence-electron chi connectivity index (χ3n) is 5.66. The molecule has 1 aromatic carbocycles. The molecule has 1 saturated carbocycles. The van der Waals surface area contributed by atoms with E-state index in [1.165, 1.54) is 0 Å². The van der Waals surface area contributed by atoms with Gasteiger partial charge in [-0.3, -0.25) is 4.79 Å². The molecule has 2 bridgehead atoms. The topological polar surface area (TPSA) is 49.9 Å². The van der Waals surface area contributed by atoms with Crippen molar-refractivity contribution in [3.8, 4) is 0 Å². The predicted molar refractivity (Wildman–Crippen MR) is 102 cm³/mol. The van der Waals surface area contributed by atoms with Crippen LogP contribution in [0.3, 0.4) is 0 Å². The standard InChI is InChI=1S/C21H30N2O3/c1-20(2)10-17-11-21(3,13-20)14-23(17)18(24)12-26-19(25)15-7-6-8-16(9-15)22(4)5/h6-9,17H,10-14H2,1-5H3. The zero-order chi connectivity index (χ0) is 19.1. The highest BCUT2D eigenvalue weighted by atomic mass is 16.5. The molecule has 2 unspecified atom stereocenters. The fourth-order valence-corrected chi connectivity index (χ4v) is 4.96. The summed E-state index contributed by atoms with van der Waals surface area (Å²) in [5.74, 6) is -0.524. The lowest BCUT2D eigenvalue weighted by atomic mass is 9.65. The molecule has 2 atom stereocenters. The normalized spacial score (nSPS) is 26.5. The maximum Gasteiger partial charge on any atom is 0.338 e. The van der Waals surface area contributed by atoms with E-state index in [0.29, 0.717) is 5.56 Å². The number of hydrogen-bond acceptors (Lipinski definition) is 4. The average molecular weight is 358 g/mol. The van der Waals surface area contributed by atoms with E-state index in [0.717, 1.165) is 31.5 Å². The third kappa shape index (κ3) is 3.87. The van der Waals surface area contributed by atoms with Crippen LogP contribution >= 0.6 is 0 Å². The summed E-state index contributed by atoms with van der Waals surface area (Å²) in [6.45, 7) is 7.42. The minimum absolute atomic E-state index is 0.0754. The Kier molecular flexibility index (Phi) is 4.76. The van der Waals surface area contributed by atoms with Gasteiger partial charge in [0.2, 0.25) is 0 Å². The van der Waals surface area contributed by atoms with Crippen LogP contribution in [0.5, 0.6) is 0 Å². The van der Waals surface area contributed by atoms with Crippen molar-refractivity contribution in [2.45, 2.75) is 46.1 Å². The number of carbonyl (C=O) groups is 2. The Balaban J connectivity index is 1.61. The number of fused-ring (bicyclic) bond motifs is 2. The average Bonchev–Trinajstić information content (AvgIpc) is 2.81. The highest BCUT2D eigenvalue weighted by molar-refractivity contribution is 5.92. The number of rotatable bonds is 4. The van der Waals surface area contributed by atoms with Gasteiger partial charge < -0.3 is 14.5 Å². The van der Waals surface area contributed by atoms with Gasteiger partial charge >= 0.3 is 5.97 Å². The summed E-state index contributed by atoms with van der Waals surface area (Å²) in [5, 5.41) is 0. The first-order valence-electron chi connectivity index (χ1n) is 9.33. The molecule has 2 aliphatic rings. The van der Waals surface area contributed by atoms with Crippen LogP contribution in [0.25, 0.3) is 0 Å². The van der Waals surface area contributed by atoms with Crippen molar-refractivity contribution >= 4 is 17.6 Å². The molecule has 0 radical (unpaired) electrons. The van der Waals surface area contributed by atoms with E-state index in [-0.39, 0.29) is 29.4 Å². The van der Waals surface area contributed by atoms with Crippen LogP contribution in [-0.4, -0.2) is 50.1 Å². The Morgan fingerprint density at radius 1 is 1.23 bits per heavy atom. The lowest BCUT2D eigenvalue weighted by Crippen LogP contribution is -2.39. The molecular weight excluding hydrogens is 328 g/mol. The molecule has 1 heterocycles. The Morgan fingerprint density at radius 3 is 2.65 bits per heavy atom. The minimum Gasteiger partial charge on any atom is -0.452 e. The molecule has 1 aliphatic carbocycles. The molecule has 3 rings (SSSR count). The summed E-state index contributed by atoms with van der Waals surface area (Å²) in [5.41, 5.74) is 1.84. The van der Waals surface area contributed by atoms with Gasteiger partial charge in [0.05, 0.1) is 5.56 Å². The maximum absolute atomic E-state index is 12.7. The van der Waals surface area contributed by atoms with Crippen molar-refractivity contribution in [3.63, 3.8) is 0 Å². The molecule has 0 aromatic heterocycles. The van der Waals surface area contributed by atoms with Crippen LogP contribution in [0.4, 0.5) is 5.69 Å². The summed E-state index contributed by atoms with van der Waals surface area (Å²) in [7, 11) is 3.84. The lowest BCUT2D eigenvalue weighted by Gasteiger charge is -2.39. The predicted octanol–water partition coefficient (Wildman–Crippen LogP) is 3.34. The summed E-state index contributed by atoms with van der Waals surface area (Å²) in [6, 6.07) is 7.51. The highest BCUT2D eigenvalue weighted by Crippen LogP contribution is 2.52. The second-order valence-corrected chi connectivity index (χ2v) is 9.26. The Morgan fingerprint density at radius 2 is 1.96 bits per heavy atom. The van der Waals surface area contributed by atoms with Crippen molar-refractivity contribution in [2.24, 2.45) is 10.8 Å². The third-order valence-corrected chi connectivity index (χ3v) is 5.66. The fourth-order valence-electron chi connectivity index (χ4n) is 4.96. The molecular formula is C21H30N2O3. The van der Waals surface area contributed by atoms with Gasteiger partial charge in [-0.25, -0.2) is 4.79 Å². The van der Waals surface area contributed by atoms with Gasteiger partial charge in [-0.1, -0.05) is 26.8 Å². The zero-order valence-electron chi connectivity index (χ0n) is 16.5. The van der Waals surface area contributed by atoms with Gasteiger partial charge in [-0.2, -0.15) is 0 Å². The van der Waals surface area contributed by atoms with E-state index in [9.17, 15) is 9.59 Å². The summed E-state index contributed by atoms with van der Waals surface area (Å²) >= 11 is 0. The smallest absolute Gasteiger partial charge is 0.338 e. The Labute approximate surface area is 156 Å². The van der Waals surface area contributed by atoms with Crippen LogP contribution in [0, 0.1) is 10.8 Å². The maximum atomic E-state index is 12.7. The molecule has 1 aromatic rings. The van der Waals surface area contributed by atoms with Gasteiger partial charge in [0.15, 0.2) is 6.61 Å². The van der Waals surface area contributed by atoms with Crippen LogP contribution in [-0.2, 0) is 9.53 Å². The van der Waals surface area contributed by atoms with Gasteiger partial charge in [-0.15, -0.1) is 0 Å². The van der Waals surface area contributed by atoms with Crippen LogP contribution in [0.1, 0.15) is 50.4 Å². The lowest BCUT2D eigenvalue weighted by molar-refractivity contribution is -0.135. The number of ether oxygens (including phenoxy) is 1. The second kappa shape index (κ2) is 6.60. The monoisotopic (exact) mass is 358 g/mol. The number of amides is 1. The molecule has 0 spiro atoms. The van der Waals surface area contributed by atoms with Gasteiger partial charge in [0, 0.05) is 32.4 Å². The van der Waals surface area contributed by atoms with Crippen molar-refractivity contribution in [2.75, 3.05) is 32.1 Å². The van der Waals surface area contributed by atoms with E-state index in [2.05, 4.69) is 20.8 Å². The summed E-state index contributed by atoms with van der Waals surface area (Å²) in [4.78, 5) is 28.9. The molecule has 2 fully saturated rings. The van der Waals surface area contributed by atoms with Crippen molar-refractivity contribution < 1.29 is 14.3 Å². The van der Waals surface area contributed by atoms with E-state index < -0.39 is 5.97 Å². The van der Waals surface area contributed by atoms with Crippen molar-refractivity contribution in [1.29, 1.82) is 0 Å². The largest absolute Gasteiger partial charge is 0.452 e. The van der Waals surface area contributed by atoms with Gasteiger partial charge in [0.1, 0.15) is 0 Å². The van der Waals surface area contributed by atoms with Crippen LogP contribution in [0.2, 0.25) is 0 Å². The van der Waals surface area contributed by atoms with Crippen LogP contribution in [0.15, 0.2) is 24.3 Å². The minimum atomic E-state index is -0.448. The molecule has 5 heteroatoms. The SMILES string of the molecule is CN(C)c1cccc(C(=O)OCC(=O)N2CC3(C)CC2CC(C)(C)C3)c1. The number of hydrogen-bond donors (Lipinski definition) is 0. The number of benzene rings is 1. The molecule has 1 saturated heterocycles. The molecule has 5 nitrogen and oxygen atoms in total. The molecule has 142 valence electrons. The molecule has 1 aliphatic heterocycles. The fraction of sp³-hybridized carbons (Fsp3) is 0.619. The first-order valence-corrected chi connectivity index (χ1v) is 9.33. The molecule has 1 amide bonds. The number of likely N-dealkylation sites (tertiary alicyclic amines) is 1. The summed E-state index contributed by atoms with van der Waals surface area (Å²) in [6.07, 6.45) is 3.21. The summed E-state index contributed by atoms with van der Waals surface area (Å²) < 4.78 is 5.32. The van der Waals surface area contributed by atoms with Gasteiger partial charge in [-0.05, 0) is 48.3 Å². The number of carbonyl (C=O) groups excluding carboxylic acids is 2. The first-order chi connectivity index (χ1) is 12.1. The number of anilines is 1. The zero-order valence-corrected chi connectivity index (χ0v) is 16.5. The van der Waals surface area contributed by atoms with Gasteiger partial charge in [0.25, 0.3) is 5.91 Å². The van der Waals surface area contributed by atoms with E-state index in [1.807, 2.05) is 36.0 Å². The quantitative estimate of drug-likeness (QED) is 0.775. The van der Waals surface area contributed by atoms with Crippen molar-refractivity contribution in [3.05, 3.63) is 29.8 Å². The Bertz CT molecular complexity index is 713. The van der Waals surface area contributed by atoms with E-state index in [4.69, 9.17) is 4.74 Å². The molecule has 26 heavy (non-hydrogen) atoms. The number of nitrogens with zero attached hydrogens (tertiary/aromatic N) is 2. The van der Waals surface area contributed by atoms with E-state index >= 15 is 0 Å². The second-order valence-electron chi connectivity index (χ2n) is 9.26.